The molecular weight excluding hydrogens is 492 g/mol. The molecule has 2 aromatic heterocycles. The highest BCUT2D eigenvalue weighted by molar-refractivity contribution is 5.79. The van der Waals surface area contributed by atoms with Gasteiger partial charge in [0.25, 0.3) is 5.56 Å². The molecule has 1 saturated carbocycles. The van der Waals surface area contributed by atoms with E-state index in [0.29, 0.717) is 24.5 Å². The van der Waals surface area contributed by atoms with Crippen LogP contribution in [0.5, 0.6) is 5.75 Å². The van der Waals surface area contributed by atoms with Crippen LogP contribution in [0.1, 0.15) is 73.1 Å². The van der Waals surface area contributed by atoms with Gasteiger partial charge in [-0.1, -0.05) is 37.1 Å². The lowest BCUT2D eigenvalue weighted by atomic mass is 10.0. The molecule has 0 unspecified atom stereocenters. The van der Waals surface area contributed by atoms with Crippen LogP contribution in [-0.4, -0.2) is 56.5 Å². The summed E-state index contributed by atoms with van der Waals surface area (Å²) in [5.74, 6) is 1.53. The monoisotopic (exact) mass is 528 g/mol. The normalized spacial score (nSPS) is 18.8. The van der Waals surface area contributed by atoms with Crippen LogP contribution in [0.4, 0.5) is 0 Å². The minimum atomic E-state index is -0.443. The van der Waals surface area contributed by atoms with Crippen molar-refractivity contribution in [2.75, 3.05) is 20.3 Å². The summed E-state index contributed by atoms with van der Waals surface area (Å²) in [5, 5.41) is 14.2. The maximum atomic E-state index is 13.8. The second-order valence-corrected chi connectivity index (χ2v) is 10.9. The van der Waals surface area contributed by atoms with E-state index in [1.165, 1.54) is 0 Å². The van der Waals surface area contributed by atoms with Crippen LogP contribution in [0.2, 0.25) is 0 Å². The van der Waals surface area contributed by atoms with E-state index in [4.69, 9.17) is 9.47 Å². The number of hydrogen-bond donors (Lipinski definition) is 1. The Balaban J connectivity index is 1.49. The number of aromatic amines is 1. The number of methoxy groups -OCH3 is 1. The number of aryl methyl sites for hydroxylation is 1. The van der Waals surface area contributed by atoms with E-state index in [2.05, 4.69) is 49.7 Å². The Kier molecular flexibility index (Phi) is 7.43. The molecule has 1 aliphatic carbocycles. The minimum Gasteiger partial charge on any atom is -0.497 e. The highest BCUT2D eigenvalue weighted by Crippen LogP contribution is 2.35. The first-order valence-corrected chi connectivity index (χ1v) is 14.0. The molecule has 2 aromatic carbocycles. The lowest BCUT2D eigenvalue weighted by Crippen LogP contribution is -2.39. The predicted molar refractivity (Wildman–Crippen MR) is 149 cm³/mol. The highest BCUT2D eigenvalue weighted by atomic mass is 16.5. The average Bonchev–Trinajstić information content (AvgIpc) is 3.73. The summed E-state index contributed by atoms with van der Waals surface area (Å²) in [6.45, 7) is 4.07. The van der Waals surface area contributed by atoms with E-state index in [9.17, 15) is 4.79 Å². The maximum absolute atomic E-state index is 13.8. The van der Waals surface area contributed by atoms with Crippen molar-refractivity contribution in [3.8, 4) is 5.75 Å². The van der Waals surface area contributed by atoms with Crippen LogP contribution in [0.3, 0.4) is 0 Å². The van der Waals surface area contributed by atoms with Crippen LogP contribution < -0.4 is 10.3 Å². The van der Waals surface area contributed by atoms with Gasteiger partial charge >= 0.3 is 0 Å². The van der Waals surface area contributed by atoms with Gasteiger partial charge in [-0.15, -0.1) is 5.10 Å². The van der Waals surface area contributed by atoms with Gasteiger partial charge in [-0.25, -0.2) is 4.68 Å². The van der Waals surface area contributed by atoms with Crippen LogP contribution in [-0.2, 0) is 11.3 Å². The zero-order chi connectivity index (χ0) is 26.8. The SMILES string of the molecule is COc1ccc(CN(C[C@H]2CCCO2)[C@@H](c2cc3ccc(C)cc3[nH]c2=O)c2nnnn2C2CCCC2)cc1. The second-order valence-electron chi connectivity index (χ2n) is 10.9. The molecule has 9 nitrogen and oxygen atoms in total. The molecule has 2 fully saturated rings. The third-order valence-corrected chi connectivity index (χ3v) is 8.13. The van der Waals surface area contributed by atoms with Crippen molar-refractivity contribution >= 4 is 10.9 Å². The second kappa shape index (κ2) is 11.3. The van der Waals surface area contributed by atoms with E-state index in [0.717, 1.165) is 72.9 Å². The Morgan fingerprint density at radius 1 is 1.10 bits per heavy atom. The zero-order valence-corrected chi connectivity index (χ0v) is 22.7. The first-order valence-electron chi connectivity index (χ1n) is 14.0. The quantitative estimate of drug-likeness (QED) is 0.336. The van der Waals surface area contributed by atoms with Gasteiger partial charge < -0.3 is 14.5 Å². The lowest BCUT2D eigenvalue weighted by Gasteiger charge is -2.33. The van der Waals surface area contributed by atoms with Gasteiger partial charge in [-0.3, -0.25) is 9.69 Å². The Morgan fingerprint density at radius 2 is 1.92 bits per heavy atom. The number of H-pyrrole nitrogens is 1. The van der Waals surface area contributed by atoms with E-state index >= 15 is 0 Å². The van der Waals surface area contributed by atoms with E-state index in [-0.39, 0.29) is 17.7 Å². The zero-order valence-electron chi connectivity index (χ0n) is 22.7. The number of fused-ring (bicyclic) bond motifs is 1. The smallest absolute Gasteiger partial charge is 0.253 e. The van der Waals surface area contributed by atoms with Crippen molar-refractivity contribution < 1.29 is 9.47 Å². The summed E-state index contributed by atoms with van der Waals surface area (Å²) in [6.07, 6.45) is 6.54. The molecule has 4 aromatic rings. The molecular formula is C30H36N6O3. The average molecular weight is 529 g/mol. The van der Waals surface area contributed by atoms with Crippen molar-refractivity contribution in [3.05, 3.63) is 81.4 Å². The van der Waals surface area contributed by atoms with E-state index < -0.39 is 6.04 Å². The molecule has 0 amide bonds. The summed E-state index contributed by atoms with van der Waals surface area (Å²) in [7, 11) is 1.67. The van der Waals surface area contributed by atoms with Gasteiger partial charge in [0.1, 0.15) is 11.8 Å². The molecule has 204 valence electrons. The van der Waals surface area contributed by atoms with Gasteiger partial charge in [0.05, 0.1) is 19.3 Å². The Labute approximate surface area is 228 Å². The Bertz CT molecular complexity index is 1470. The van der Waals surface area contributed by atoms with Crippen molar-refractivity contribution in [3.63, 3.8) is 0 Å². The molecule has 2 atom stereocenters. The van der Waals surface area contributed by atoms with Gasteiger partial charge in [0.2, 0.25) is 0 Å². The van der Waals surface area contributed by atoms with Crippen molar-refractivity contribution in [1.82, 2.24) is 30.1 Å². The molecule has 1 saturated heterocycles. The van der Waals surface area contributed by atoms with Crippen LogP contribution >= 0.6 is 0 Å². The minimum absolute atomic E-state index is 0.0868. The molecule has 1 aliphatic heterocycles. The van der Waals surface area contributed by atoms with Gasteiger partial charge in [0, 0.05) is 30.8 Å². The topological polar surface area (TPSA) is 98.2 Å². The van der Waals surface area contributed by atoms with Crippen molar-refractivity contribution in [2.24, 2.45) is 0 Å². The number of benzene rings is 2. The van der Waals surface area contributed by atoms with E-state index in [1.807, 2.05) is 35.9 Å². The molecule has 6 rings (SSSR count). The molecule has 0 spiro atoms. The van der Waals surface area contributed by atoms with Crippen LogP contribution in [0.25, 0.3) is 10.9 Å². The van der Waals surface area contributed by atoms with Gasteiger partial charge in [0.15, 0.2) is 5.82 Å². The number of aromatic nitrogens is 5. The summed E-state index contributed by atoms with van der Waals surface area (Å²) in [4.78, 5) is 19.3. The molecule has 0 radical (unpaired) electrons. The molecule has 2 aliphatic rings. The molecule has 1 N–H and O–H groups in total. The summed E-state index contributed by atoms with van der Waals surface area (Å²) < 4.78 is 13.5. The fraction of sp³-hybridized carbons (Fsp3) is 0.467. The van der Waals surface area contributed by atoms with E-state index in [1.54, 1.807) is 7.11 Å². The number of tetrazole rings is 1. The van der Waals surface area contributed by atoms with Crippen LogP contribution in [0, 0.1) is 6.92 Å². The molecule has 39 heavy (non-hydrogen) atoms. The number of rotatable bonds is 9. The summed E-state index contributed by atoms with van der Waals surface area (Å²) in [6, 6.07) is 16.1. The number of pyridine rings is 1. The maximum Gasteiger partial charge on any atom is 0.253 e. The lowest BCUT2D eigenvalue weighted by molar-refractivity contribution is 0.0569. The molecule has 3 heterocycles. The third kappa shape index (κ3) is 5.46. The summed E-state index contributed by atoms with van der Waals surface area (Å²) in [5.41, 5.74) is 3.58. The Hall–Kier alpha value is -3.56. The molecule has 9 heteroatoms. The Morgan fingerprint density at radius 3 is 2.67 bits per heavy atom. The summed E-state index contributed by atoms with van der Waals surface area (Å²) >= 11 is 0. The standard InChI is InChI=1S/C30H36N6O3/c1-20-9-12-22-17-26(30(37)31-27(22)16-20)28(29-32-33-34-36(29)23-6-3-4-7-23)35(19-25-8-5-15-39-25)18-21-10-13-24(38-2)14-11-21/h9-14,16-17,23,25,28H,3-8,15,18-19H2,1-2H3,(H,31,37)/t25-,28+/m1/s1. The molecule has 0 bridgehead atoms. The first-order chi connectivity index (χ1) is 19.1. The fourth-order valence-corrected chi connectivity index (χ4v) is 6.10. The van der Waals surface area contributed by atoms with Gasteiger partial charge in [-0.2, -0.15) is 0 Å². The third-order valence-electron chi connectivity index (χ3n) is 8.13. The highest BCUT2D eigenvalue weighted by Gasteiger charge is 2.35. The number of nitrogens with zero attached hydrogens (tertiary/aromatic N) is 5. The number of ether oxygens (including phenoxy) is 2. The van der Waals surface area contributed by atoms with Crippen molar-refractivity contribution in [1.29, 1.82) is 0 Å². The largest absolute Gasteiger partial charge is 0.497 e. The van der Waals surface area contributed by atoms with Gasteiger partial charge in [-0.05, 0) is 83.8 Å². The van der Waals surface area contributed by atoms with Crippen molar-refractivity contribution in [2.45, 2.75) is 70.2 Å². The van der Waals surface area contributed by atoms with Crippen LogP contribution in [0.15, 0.2) is 53.3 Å². The number of nitrogens with one attached hydrogen (secondary N) is 1. The predicted octanol–water partition coefficient (Wildman–Crippen LogP) is 4.72. The first kappa shape index (κ1) is 25.7. The fourth-order valence-electron chi connectivity index (χ4n) is 6.10. The number of hydrogen-bond acceptors (Lipinski definition) is 7.